The molecule has 0 saturated heterocycles. The van der Waals surface area contributed by atoms with Crippen LogP contribution in [0.2, 0.25) is 25.7 Å². The molecule has 0 aromatic carbocycles. The van der Waals surface area contributed by atoms with Gasteiger partial charge in [-0.15, -0.1) is 0 Å². The monoisotopic (exact) mass is 346 g/mol. The van der Waals surface area contributed by atoms with Crippen molar-refractivity contribution in [3.63, 3.8) is 0 Å². The molecule has 0 unspecified atom stereocenters. The first-order valence-electron chi connectivity index (χ1n) is 8.31. The van der Waals surface area contributed by atoms with E-state index >= 15 is 0 Å². The molecule has 132 valence electrons. The largest absolute Gasteiger partial charge is 0.461 e. The quantitative estimate of drug-likeness (QED) is 0.540. The van der Waals surface area contributed by atoms with Crippen LogP contribution in [0.5, 0.6) is 6.01 Å². The van der Waals surface area contributed by atoms with E-state index in [4.69, 9.17) is 9.47 Å². The maximum absolute atomic E-state index is 13.2. The van der Waals surface area contributed by atoms with Crippen molar-refractivity contribution in [3.8, 4) is 6.01 Å². The fourth-order valence-corrected chi connectivity index (χ4v) is 3.29. The fourth-order valence-electron chi connectivity index (χ4n) is 2.53. The summed E-state index contributed by atoms with van der Waals surface area (Å²) in [6.07, 6.45) is 2.22. The van der Waals surface area contributed by atoms with Gasteiger partial charge in [-0.05, 0) is 25.8 Å². The van der Waals surface area contributed by atoms with Crippen LogP contribution in [-0.2, 0) is 11.5 Å². The summed E-state index contributed by atoms with van der Waals surface area (Å²) < 4.78 is 39.8. The van der Waals surface area contributed by atoms with Gasteiger partial charge >= 0.3 is 0 Å². The Labute approximate surface area is 138 Å². The van der Waals surface area contributed by atoms with Crippen LogP contribution in [0, 0.1) is 6.92 Å². The molecule has 1 heterocycles. The average molecular weight is 346 g/mol. The van der Waals surface area contributed by atoms with Gasteiger partial charge in [0.1, 0.15) is 12.8 Å². The van der Waals surface area contributed by atoms with E-state index in [9.17, 15) is 8.78 Å². The van der Waals surface area contributed by atoms with Gasteiger partial charge in [0.25, 0.3) is 6.01 Å². The molecule has 0 N–H and O–H groups in total. The molecule has 0 atom stereocenters. The van der Waals surface area contributed by atoms with Crippen molar-refractivity contribution in [2.24, 2.45) is 0 Å². The highest BCUT2D eigenvalue weighted by atomic mass is 28.3. The van der Waals surface area contributed by atoms with Crippen molar-refractivity contribution in [2.45, 2.75) is 77.0 Å². The molecule has 4 nitrogen and oxygen atoms in total. The van der Waals surface area contributed by atoms with Gasteiger partial charge in [-0.2, -0.15) is 0 Å². The van der Waals surface area contributed by atoms with Crippen LogP contribution in [0.25, 0.3) is 0 Å². The van der Waals surface area contributed by atoms with Gasteiger partial charge in [0, 0.05) is 33.7 Å². The fraction of sp³-hybridized carbons (Fsp3) is 0.812. The molecule has 1 aliphatic carbocycles. The lowest BCUT2D eigenvalue weighted by atomic mass is 9.94. The first kappa shape index (κ1) is 18.4. The van der Waals surface area contributed by atoms with Gasteiger partial charge < -0.3 is 9.47 Å². The summed E-state index contributed by atoms with van der Waals surface area (Å²) >= 11 is 0. The molecule has 2 rings (SSSR count). The van der Waals surface area contributed by atoms with Gasteiger partial charge in [-0.3, -0.25) is 4.57 Å². The van der Waals surface area contributed by atoms with E-state index in [1.807, 2.05) is 17.7 Å². The third kappa shape index (κ3) is 6.22. The van der Waals surface area contributed by atoms with Gasteiger partial charge in [0.2, 0.25) is 5.92 Å². The third-order valence-corrected chi connectivity index (χ3v) is 5.73. The summed E-state index contributed by atoms with van der Waals surface area (Å²) in [6, 6.07) is 1.58. The van der Waals surface area contributed by atoms with Crippen LogP contribution >= 0.6 is 0 Å². The van der Waals surface area contributed by atoms with Crippen molar-refractivity contribution >= 4 is 8.07 Å². The summed E-state index contributed by atoms with van der Waals surface area (Å²) in [5, 5.41) is 0. The predicted octanol–water partition coefficient (Wildman–Crippen LogP) is 4.46. The number of aryl methyl sites for hydroxylation is 1. The van der Waals surface area contributed by atoms with E-state index < -0.39 is 14.0 Å². The Morgan fingerprint density at radius 1 is 1.30 bits per heavy atom. The minimum atomic E-state index is -2.54. The topological polar surface area (TPSA) is 36.3 Å². The summed E-state index contributed by atoms with van der Waals surface area (Å²) in [6.45, 7) is 9.94. The van der Waals surface area contributed by atoms with Gasteiger partial charge in [0.15, 0.2) is 0 Å². The number of aromatic nitrogens is 2. The number of hydrogen-bond donors (Lipinski definition) is 0. The zero-order chi connectivity index (χ0) is 17.1. The minimum absolute atomic E-state index is 0.107. The molecule has 1 saturated carbocycles. The number of rotatable bonds is 7. The lowest BCUT2D eigenvalue weighted by Crippen LogP contribution is -2.31. The maximum atomic E-state index is 13.2. The molecule has 0 radical (unpaired) electrons. The Kier molecular flexibility index (Phi) is 5.83. The van der Waals surface area contributed by atoms with Crippen molar-refractivity contribution in [1.82, 2.24) is 9.55 Å². The minimum Gasteiger partial charge on any atom is -0.461 e. The average Bonchev–Trinajstić information content (AvgIpc) is 2.76. The van der Waals surface area contributed by atoms with E-state index in [0.29, 0.717) is 25.6 Å². The van der Waals surface area contributed by atoms with Crippen LogP contribution in [0.3, 0.4) is 0 Å². The van der Waals surface area contributed by atoms with Crippen molar-refractivity contribution in [1.29, 1.82) is 0 Å². The Morgan fingerprint density at radius 3 is 2.57 bits per heavy atom. The highest BCUT2D eigenvalue weighted by Gasteiger charge is 2.36. The second kappa shape index (κ2) is 7.30. The molecular formula is C16H28F2N2O2Si. The Morgan fingerprint density at radius 2 is 1.96 bits per heavy atom. The third-order valence-electron chi connectivity index (χ3n) is 4.02. The number of imidazole rings is 1. The first-order chi connectivity index (χ1) is 10.6. The molecule has 1 fully saturated rings. The SMILES string of the molecule is Cc1cn(COCC[Si](C)(C)C)c(OC2CCC(F)(F)CC2)n1. The molecule has 0 amide bonds. The molecule has 7 heteroatoms. The number of ether oxygens (including phenoxy) is 2. The second-order valence-corrected chi connectivity index (χ2v) is 13.3. The van der Waals surface area contributed by atoms with Crippen LogP contribution in [0.4, 0.5) is 8.78 Å². The number of hydrogen-bond acceptors (Lipinski definition) is 3. The molecule has 0 spiro atoms. The van der Waals surface area contributed by atoms with E-state index in [0.717, 1.165) is 18.3 Å². The Hall–Kier alpha value is -0.953. The molecular weight excluding hydrogens is 318 g/mol. The van der Waals surface area contributed by atoms with Crippen LogP contribution < -0.4 is 4.74 Å². The van der Waals surface area contributed by atoms with Crippen molar-refractivity contribution in [3.05, 3.63) is 11.9 Å². The molecule has 0 bridgehead atoms. The summed E-state index contributed by atoms with van der Waals surface area (Å²) in [5.74, 6) is -2.54. The lowest BCUT2D eigenvalue weighted by molar-refractivity contribution is -0.0607. The van der Waals surface area contributed by atoms with Gasteiger partial charge in [0.05, 0.1) is 5.69 Å². The van der Waals surface area contributed by atoms with Gasteiger partial charge in [-0.25, -0.2) is 13.8 Å². The molecule has 23 heavy (non-hydrogen) atoms. The van der Waals surface area contributed by atoms with Crippen molar-refractivity contribution in [2.75, 3.05) is 6.61 Å². The van der Waals surface area contributed by atoms with Crippen molar-refractivity contribution < 1.29 is 18.3 Å². The Bertz CT molecular complexity index is 505. The molecule has 1 aromatic heterocycles. The first-order valence-corrected chi connectivity index (χ1v) is 12.0. The predicted molar refractivity (Wildman–Crippen MR) is 88.9 cm³/mol. The normalized spacial score (nSPS) is 19.0. The Balaban J connectivity index is 1.85. The highest BCUT2D eigenvalue weighted by Crippen LogP contribution is 2.34. The summed E-state index contributed by atoms with van der Waals surface area (Å²) in [4.78, 5) is 4.35. The van der Waals surface area contributed by atoms with E-state index in [1.54, 1.807) is 0 Å². The van der Waals surface area contributed by atoms with Crippen LogP contribution in [0.15, 0.2) is 6.20 Å². The number of nitrogens with zero attached hydrogens (tertiary/aromatic N) is 2. The molecule has 0 aliphatic heterocycles. The zero-order valence-electron chi connectivity index (χ0n) is 14.6. The lowest BCUT2D eigenvalue weighted by Gasteiger charge is -2.28. The molecule has 1 aromatic rings. The second-order valence-electron chi connectivity index (χ2n) is 7.66. The maximum Gasteiger partial charge on any atom is 0.298 e. The summed E-state index contributed by atoms with van der Waals surface area (Å²) in [5.41, 5.74) is 0.843. The number of alkyl halides is 2. The summed E-state index contributed by atoms with van der Waals surface area (Å²) in [7, 11) is -1.10. The molecule has 1 aliphatic rings. The van der Waals surface area contributed by atoms with E-state index in [1.165, 1.54) is 0 Å². The smallest absolute Gasteiger partial charge is 0.298 e. The zero-order valence-corrected chi connectivity index (χ0v) is 15.6. The van der Waals surface area contributed by atoms with E-state index in [2.05, 4.69) is 24.6 Å². The van der Waals surface area contributed by atoms with Crippen LogP contribution in [-0.4, -0.2) is 36.3 Å². The standard InChI is InChI=1S/C16H28F2N2O2Si/c1-13-11-20(12-21-9-10-23(2,3)4)15(19-13)22-14-5-7-16(17,18)8-6-14/h11,14H,5-10,12H2,1-4H3. The van der Waals surface area contributed by atoms with Gasteiger partial charge in [-0.1, -0.05) is 19.6 Å². The number of halogens is 2. The van der Waals surface area contributed by atoms with Crippen LogP contribution in [0.1, 0.15) is 31.4 Å². The highest BCUT2D eigenvalue weighted by molar-refractivity contribution is 6.76. The van der Waals surface area contributed by atoms with E-state index in [-0.39, 0.29) is 18.9 Å².